The van der Waals surface area contributed by atoms with Gasteiger partial charge in [-0.15, -0.1) is 0 Å². The highest BCUT2D eigenvalue weighted by molar-refractivity contribution is 9.10. The van der Waals surface area contributed by atoms with E-state index in [1.807, 2.05) is 18.7 Å². The molecule has 6 heteroatoms. The number of hydrogen-bond donors (Lipinski definition) is 2. The summed E-state index contributed by atoms with van der Waals surface area (Å²) in [5.74, 6) is -0.456. The standard InChI is InChI=1S/C13H18BrNO4/c1-8(2)15(7-12(16)17)6-9-4-10(14)13(18)11(5-9)19-3/h4-5,8,18H,6-7H2,1-3H3,(H,16,17). The van der Waals surface area contributed by atoms with Crippen molar-refractivity contribution in [3.63, 3.8) is 0 Å². The van der Waals surface area contributed by atoms with Gasteiger partial charge in [0.1, 0.15) is 0 Å². The largest absolute Gasteiger partial charge is 0.503 e. The molecule has 0 bridgehead atoms. The molecule has 1 aromatic rings. The highest BCUT2D eigenvalue weighted by atomic mass is 79.9. The molecule has 0 saturated carbocycles. The Bertz CT molecular complexity index is 462. The first-order valence-electron chi connectivity index (χ1n) is 5.86. The maximum Gasteiger partial charge on any atom is 0.317 e. The Kier molecular flexibility index (Phi) is 5.62. The highest BCUT2D eigenvalue weighted by Crippen LogP contribution is 2.35. The monoisotopic (exact) mass is 331 g/mol. The third kappa shape index (κ3) is 4.40. The Morgan fingerprint density at radius 3 is 2.58 bits per heavy atom. The van der Waals surface area contributed by atoms with E-state index in [0.717, 1.165) is 5.56 Å². The van der Waals surface area contributed by atoms with Crippen molar-refractivity contribution in [1.29, 1.82) is 0 Å². The molecule has 0 atom stereocenters. The van der Waals surface area contributed by atoms with Crippen LogP contribution in [0.25, 0.3) is 0 Å². The van der Waals surface area contributed by atoms with E-state index in [-0.39, 0.29) is 18.3 Å². The topological polar surface area (TPSA) is 70.0 Å². The third-order valence-corrected chi connectivity index (χ3v) is 3.37. The van der Waals surface area contributed by atoms with Crippen molar-refractivity contribution in [2.75, 3.05) is 13.7 Å². The van der Waals surface area contributed by atoms with E-state index in [2.05, 4.69) is 15.9 Å². The number of carboxylic acid groups (broad SMARTS) is 1. The molecule has 0 saturated heterocycles. The van der Waals surface area contributed by atoms with Crippen molar-refractivity contribution >= 4 is 21.9 Å². The van der Waals surface area contributed by atoms with Gasteiger partial charge in [0, 0.05) is 12.6 Å². The smallest absolute Gasteiger partial charge is 0.317 e. The van der Waals surface area contributed by atoms with Crippen molar-refractivity contribution in [3.05, 3.63) is 22.2 Å². The number of phenols is 1. The molecule has 106 valence electrons. The number of methoxy groups -OCH3 is 1. The van der Waals surface area contributed by atoms with Crippen molar-refractivity contribution in [1.82, 2.24) is 4.90 Å². The molecule has 0 aliphatic heterocycles. The molecule has 1 rings (SSSR count). The van der Waals surface area contributed by atoms with E-state index in [4.69, 9.17) is 9.84 Å². The molecule has 5 nitrogen and oxygen atoms in total. The zero-order chi connectivity index (χ0) is 14.6. The van der Waals surface area contributed by atoms with Crippen molar-refractivity contribution in [2.45, 2.75) is 26.4 Å². The molecule has 0 fully saturated rings. The predicted molar refractivity (Wildman–Crippen MR) is 75.5 cm³/mol. The number of benzene rings is 1. The molecule has 19 heavy (non-hydrogen) atoms. The van der Waals surface area contributed by atoms with Crippen LogP contribution in [0, 0.1) is 0 Å². The normalized spacial score (nSPS) is 11.1. The number of ether oxygens (including phenoxy) is 1. The zero-order valence-corrected chi connectivity index (χ0v) is 12.8. The van der Waals surface area contributed by atoms with Crippen LogP contribution in [0.5, 0.6) is 11.5 Å². The number of aliphatic carboxylic acids is 1. The second-order valence-corrected chi connectivity index (χ2v) is 5.38. The van der Waals surface area contributed by atoms with Crippen LogP contribution in [0.15, 0.2) is 16.6 Å². The lowest BCUT2D eigenvalue weighted by atomic mass is 10.1. The first kappa shape index (κ1) is 15.8. The number of phenolic OH excluding ortho intramolecular Hbond substituents is 1. The van der Waals surface area contributed by atoms with Crippen LogP contribution < -0.4 is 4.74 Å². The van der Waals surface area contributed by atoms with Gasteiger partial charge in [0.25, 0.3) is 0 Å². The van der Waals surface area contributed by atoms with E-state index in [1.165, 1.54) is 7.11 Å². The van der Waals surface area contributed by atoms with Crippen molar-refractivity contribution in [2.24, 2.45) is 0 Å². The summed E-state index contributed by atoms with van der Waals surface area (Å²) in [4.78, 5) is 12.7. The summed E-state index contributed by atoms with van der Waals surface area (Å²) in [5, 5.41) is 18.6. The first-order valence-corrected chi connectivity index (χ1v) is 6.65. The van der Waals surface area contributed by atoms with Gasteiger partial charge in [-0.25, -0.2) is 0 Å². The van der Waals surface area contributed by atoms with Crippen LogP contribution in [0.2, 0.25) is 0 Å². The average Bonchev–Trinajstić information content (AvgIpc) is 2.31. The molecule has 0 radical (unpaired) electrons. The quantitative estimate of drug-likeness (QED) is 0.837. The van der Waals surface area contributed by atoms with Gasteiger partial charge in [-0.2, -0.15) is 0 Å². The summed E-state index contributed by atoms with van der Waals surface area (Å²) in [6.07, 6.45) is 0. The molecule has 0 spiro atoms. The van der Waals surface area contributed by atoms with Gasteiger partial charge < -0.3 is 14.9 Å². The van der Waals surface area contributed by atoms with Crippen LogP contribution in [0.4, 0.5) is 0 Å². The summed E-state index contributed by atoms with van der Waals surface area (Å²) in [5.41, 5.74) is 0.872. The lowest BCUT2D eigenvalue weighted by Crippen LogP contribution is -2.35. The number of aromatic hydroxyl groups is 1. The molecule has 0 unspecified atom stereocenters. The molecule has 0 heterocycles. The van der Waals surface area contributed by atoms with E-state index in [9.17, 15) is 9.90 Å². The van der Waals surface area contributed by atoms with E-state index < -0.39 is 5.97 Å². The zero-order valence-electron chi connectivity index (χ0n) is 11.2. The summed E-state index contributed by atoms with van der Waals surface area (Å²) < 4.78 is 5.60. The fourth-order valence-electron chi connectivity index (χ4n) is 1.70. The Morgan fingerprint density at radius 2 is 2.11 bits per heavy atom. The van der Waals surface area contributed by atoms with Gasteiger partial charge in [0.2, 0.25) is 0 Å². The maximum atomic E-state index is 10.8. The minimum absolute atomic E-state index is 0.0293. The van der Waals surface area contributed by atoms with Crippen molar-refractivity contribution < 1.29 is 19.7 Å². The van der Waals surface area contributed by atoms with Gasteiger partial charge in [-0.3, -0.25) is 9.69 Å². The molecule has 0 amide bonds. The second-order valence-electron chi connectivity index (χ2n) is 4.52. The van der Waals surface area contributed by atoms with E-state index in [1.54, 1.807) is 12.1 Å². The number of carboxylic acids is 1. The summed E-state index contributed by atoms with van der Waals surface area (Å²) in [7, 11) is 1.47. The van der Waals surface area contributed by atoms with Crippen LogP contribution in [0.1, 0.15) is 19.4 Å². The van der Waals surface area contributed by atoms with E-state index >= 15 is 0 Å². The molecular weight excluding hydrogens is 314 g/mol. The molecule has 0 aliphatic rings. The van der Waals surface area contributed by atoms with Crippen LogP contribution in [-0.4, -0.2) is 40.8 Å². The average molecular weight is 332 g/mol. The van der Waals surface area contributed by atoms with Gasteiger partial charge >= 0.3 is 5.97 Å². The van der Waals surface area contributed by atoms with Crippen LogP contribution >= 0.6 is 15.9 Å². The predicted octanol–water partition coefficient (Wildman–Crippen LogP) is 2.46. The molecular formula is C13H18BrNO4. The summed E-state index contributed by atoms with van der Waals surface area (Å²) >= 11 is 3.25. The van der Waals surface area contributed by atoms with Gasteiger partial charge in [0.05, 0.1) is 18.1 Å². The highest BCUT2D eigenvalue weighted by Gasteiger charge is 2.16. The number of hydrogen-bond acceptors (Lipinski definition) is 4. The molecule has 0 aromatic heterocycles. The minimum Gasteiger partial charge on any atom is -0.503 e. The number of carbonyl (C=O) groups is 1. The second kappa shape index (κ2) is 6.77. The molecule has 0 aliphatic carbocycles. The van der Waals surface area contributed by atoms with Crippen LogP contribution in [-0.2, 0) is 11.3 Å². The maximum absolute atomic E-state index is 10.8. The molecule has 1 aromatic carbocycles. The fraction of sp³-hybridized carbons (Fsp3) is 0.462. The molecule has 2 N–H and O–H groups in total. The minimum atomic E-state index is -0.862. The number of rotatable bonds is 6. The summed E-state index contributed by atoms with van der Waals surface area (Å²) in [6.45, 7) is 4.32. The number of halogens is 1. The Hall–Kier alpha value is -1.27. The van der Waals surface area contributed by atoms with Gasteiger partial charge in [-0.1, -0.05) is 0 Å². The first-order chi connectivity index (χ1) is 8.85. The van der Waals surface area contributed by atoms with E-state index in [0.29, 0.717) is 16.8 Å². The Labute approximate surface area is 120 Å². The van der Waals surface area contributed by atoms with Crippen LogP contribution in [0.3, 0.4) is 0 Å². The summed E-state index contributed by atoms with van der Waals surface area (Å²) in [6, 6.07) is 3.57. The Morgan fingerprint density at radius 1 is 1.47 bits per heavy atom. The van der Waals surface area contributed by atoms with Gasteiger partial charge in [-0.05, 0) is 47.5 Å². The lowest BCUT2D eigenvalue weighted by Gasteiger charge is -2.25. The number of nitrogens with zero attached hydrogens (tertiary/aromatic N) is 1. The Balaban J connectivity index is 2.96. The third-order valence-electron chi connectivity index (χ3n) is 2.76. The SMILES string of the molecule is COc1cc(CN(CC(=O)O)C(C)C)cc(Br)c1O. The lowest BCUT2D eigenvalue weighted by molar-refractivity contribution is -0.138. The van der Waals surface area contributed by atoms with Crippen molar-refractivity contribution in [3.8, 4) is 11.5 Å². The van der Waals surface area contributed by atoms with Gasteiger partial charge in [0.15, 0.2) is 11.5 Å². The fourth-order valence-corrected chi connectivity index (χ4v) is 2.19.